The second-order valence-electron chi connectivity index (χ2n) is 3.71. The number of alkyl halides is 1. The number of halogens is 1. The summed E-state index contributed by atoms with van der Waals surface area (Å²) in [6, 6.07) is 6.22. The smallest absolute Gasteiger partial charge is 0.123 e. The lowest BCUT2D eigenvalue weighted by Crippen LogP contribution is -2.08. The first-order chi connectivity index (χ1) is 7.77. The molecule has 16 heavy (non-hydrogen) atoms. The standard InChI is InChI=1S/C13H19BrO2/c1-3-6-15-7-8-16-13-5-4-11(2)9-12(13)10-14/h4-5,9H,3,6-8,10H2,1-2H3. The van der Waals surface area contributed by atoms with Crippen molar-refractivity contribution in [2.75, 3.05) is 19.8 Å². The molecule has 1 aromatic rings. The second kappa shape index (κ2) is 7.69. The van der Waals surface area contributed by atoms with Crippen LogP contribution in [-0.2, 0) is 10.1 Å². The molecular weight excluding hydrogens is 268 g/mol. The van der Waals surface area contributed by atoms with E-state index in [1.165, 1.54) is 11.1 Å². The summed E-state index contributed by atoms with van der Waals surface area (Å²) in [5, 5.41) is 0.819. The minimum atomic E-state index is 0.614. The highest BCUT2D eigenvalue weighted by Crippen LogP contribution is 2.22. The maximum Gasteiger partial charge on any atom is 0.123 e. The summed E-state index contributed by atoms with van der Waals surface area (Å²) in [6.07, 6.45) is 1.05. The van der Waals surface area contributed by atoms with Crippen molar-refractivity contribution in [3.63, 3.8) is 0 Å². The molecule has 2 nitrogen and oxygen atoms in total. The van der Waals surface area contributed by atoms with Gasteiger partial charge in [0.05, 0.1) is 6.61 Å². The molecule has 0 aliphatic rings. The predicted octanol–water partition coefficient (Wildman–Crippen LogP) is 3.70. The van der Waals surface area contributed by atoms with Crippen molar-refractivity contribution < 1.29 is 9.47 Å². The first-order valence-corrected chi connectivity index (χ1v) is 6.76. The Labute approximate surface area is 106 Å². The van der Waals surface area contributed by atoms with Crippen LogP contribution in [0.2, 0.25) is 0 Å². The Morgan fingerprint density at radius 1 is 1.19 bits per heavy atom. The molecule has 0 saturated carbocycles. The van der Waals surface area contributed by atoms with Crippen molar-refractivity contribution in [3.8, 4) is 5.75 Å². The molecule has 0 saturated heterocycles. The van der Waals surface area contributed by atoms with Gasteiger partial charge in [-0.25, -0.2) is 0 Å². The fourth-order valence-electron chi connectivity index (χ4n) is 1.41. The fraction of sp³-hybridized carbons (Fsp3) is 0.538. The van der Waals surface area contributed by atoms with Gasteiger partial charge in [-0.05, 0) is 19.4 Å². The third-order valence-corrected chi connectivity index (χ3v) is 2.80. The predicted molar refractivity (Wildman–Crippen MR) is 70.4 cm³/mol. The van der Waals surface area contributed by atoms with E-state index in [9.17, 15) is 0 Å². The third kappa shape index (κ3) is 4.54. The SMILES string of the molecule is CCCOCCOc1ccc(C)cc1CBr. The van der Waals surface area contributed by atoms with Crippen molar-refractivity contribution >= 4 is 15.9 Å². The summed E-state index contributed by atoms with van der Waals surface area (Å²) in [5.41, 5.74) is 2.44. The fourth-order valence-corrected chi connectivity index (χ4v) is 1.85. The maximum atomic E-state index is 5.67. The molecule has 0 heterocycles. The second-order valence-corrected chi connectivity index (χ2v) is 4.27. The summed E-state index contributed by atoms with van der Waals surface area (Å²) in [5.74, 6) is 0.947. The lowest BCUT2D eigenvalue weighted by molar-refractivity contribution is 0.100. The van der Waals surface area contributed by atoms with Gasteiger partial charge in [-0.2, -0.15) is 0 Å². The van der Waals surface area contributed by atoms with Crippen molar-refractivity contribution in [2.45, 2.75) is 25.6 Å². The quantitative estimate of drug-likeness (QED) is 0.562. The minimum absolute atomic E-state index is 0.614. The van der Waals surface area contributed by atoms with Crippen LogP contribution in [0.5, 0.6) is 5.75 Å². The number of benzene rings is 1. The van der Waals surface area contributed by atoms with Gasteiger partial charge < -0.3 is 9.47 Å². The molecule has 0 aliphatic carbocycles. The van der Waals surface area contributed by atoms with Gasteiger partial charge in [-0.15, -0.1) is 0 Å². The molecule has 1 aromatic carbocycles. The molecule has 0 aliphatic heterocycles. The van der Waals surface area contributed by atoms with Crippen molar-refractivity contribution in [1.29, 1.82) is 0 Å². The number of aryl methyl sites for hydroxylation is 1. The Bertz CT molecular complexity index is 313. The van der Waals surface area contributed by atoms with E-state index in [2.05, 4.69) is 41.9 Å². The van der Waals surface area contributed by atoms with Gasteiger partial charge in [0.15, 0.2) is 0 Å². The van der Waals surface area contributed by atoms with Crippen molar-refractivity contribution in [1.82, 2.24) is 0 Å². The van der Waals surface area contributed by atoms with Gasteiger partial charge in [-0.3, -0.25) is 0 Å². The van der Waals surface area contributed by atoms with Crippen LogP contribution < -0.4 is 4.74 Å². The molecule has 0 bridgehead atoms. The van der Waals surface area contributed by atoms with Gasteiger partial charge in [0, 0.05) is 17.5 Å². The Kier molecular flexibility index (Phi) is 6.50. The van der Waals surface area contributed by atoms with Crippen LogP contribution in [-0.4, -0.2) is 19.8 Å². The van der Waals surface area contributed by atoms with Gasteiger partial charge in [0.2, 0.25) is 0 Å². The van der Waals surface area contributed by atoms with Crippen LogP contribution in [0.15, 0.2) is 18.2 Å². The maximum absolute atomic E-state index is 5.67. The zero-order valence-electron chi connectivity index (χ0n) is 9.96. The number of rotatable bonds is 7. The first-order valence-electron chi connectivity index (χ1n) is 5.64. The summed E-state index contributed by atoms with van der Waals surface area (Å²) < 4.78 is 11.0. The van der Waals surface area contributed by atoms with E-state index in [4.69, 9.17) is 9.47 Å². The van der Waals surface area contributed by atoms with E-state index in [0.717, 1.165) is 24.1 Å². The van der Waals surface area contributed by atoms with Crippen LogP contribution in [0.1, 0.15) is 24.5 Å². The summed E-state index contributed by atoms with van der Waals surface area (Å²) in [7, 11) is 0. The van der Waals surface area contributed by atoms with Crippen LogP contribution in [0, 0.1) is 6.92 Å². The molecule has 0 atom stereocenters. The first kappa shape index (κ1) is 13.5. The average Bonchev–Trinajstić information content (AvgIpc) is 2.30. The van der Waals surface area contributed by atoms with Crippen molar-refractivity contribution in [2.24, 2.45) is 0 Å². The van der Waals surface area contributed by atoms with Gasteiger partial charge in [0.25, 0.3) is 0 Å². The van der Waals surface area contributed by atoms with Crippen LogP contribution in [0.4, 0.5) is 0 Å². The Balaban J connectivity index is 2.41. The molecule has 0 N–H and O–H groups in total. The average molecular weight is 287 g/mol. The van der Waals surface area contributed by atoms with Crippen molar-refractivity contribution in [3.05, 3.63) is 29.3 Å². The Morgan fingerprint density at radius 2 is 2.00 bits per heavy atom. The number of hydrogen-bond acceptors (Lipinski definition) is 2. The van der Waals surface area contributed by atoms with E-state index in [1.807, 2.05) is 6.07 Å². The normalized spacial score (nSPS) is 10.4. The molecule has 0 radical (unpaired) electrons. The Morgan fingerprint density at radius 3 is 2.69 bits per heavy atom. The monoisotopic (exact) mass is 286 g/mol. The van der Waals surface area contributed by atoms with Gasteiger partial charge in [-0.1, -0.05) is 40.5 Å². The number of ether oxygens (including phenoxy) is 2. The van der Waals surface area contributed by atoms with E-state index >= 15 is 0 Å². The Hall–Kier alpha value is -0.540. The van der Waals surface area contributed by atoms with E-state index in [1.54, 1.807) is 0 Å². The van der Waals surface area contributed by atoms with E-state index in [0.29, 0.717) is 13.2 Å². The van der Waals surface area contributed by atoms with E-state index < -0.39 is 0 Å². The number of hydrogen-bond donors (Lipinski definition) is 0. The molecular formula is C13H19BrO2. The highest BCUT2D eigenvalue weighted by atomic mass is 79.9. The molecule has 90 valence electrons. The highest BCUT2D eigenvalue weighted by molar-refractivity contribution is 9.08. The lowest BCUT2D eigenvalue weighted by Gasteiger charge is -2.10. The summed E-state index contributed by atoms with van der Waals surface area (Å²) in [6.45, 7) is 6.26. The largest absolute Gasteiger partial charge is 0.491 e. The zero-order chi connectivity index (χ0) is 11.8. The minimum Gasteiger partial charge on any atom is -0.491 e. The molecule has 3 heteroatoms. The van der Waals surface area contributed by atoms with Crippen LogP contribution >= 0.6 is 15.9 Å². The van der Waals surface area contributed by atoms with Crippen LogP contribution in [0.3, 0.4) is 0 Å². The molecule has 1 rings (SSSR count). The van der Waals surface area contributed by atoms with E-state index in [-0.39, 0.29) is 0 Å². The molecule has 0 aromatic heterocycles. The van der Waals surface area contributed by atoms with Crippen LogP contribution in [0.25, 0.3) is 0 Å². The third-order valence-electron chi connectivity index (χ3n) is 2.19. The zero-order valence-corrected chi connectivity index (χ0v) is 11.5. The highest BCUT2D eigenvalue weighted by Gasteiger charge is 2.02. The topological polar surface area (TPSA) is 18.5 Å². The molecule has 0 unspecified atom stereocenters. The summed E-state index contributed by atoms with van der Waals surface area (Å²) >= 11 is 3.47. The lowest BCUT2D eigenvalue weighted by atomic mass is 10.1. The molecule has 0 amide bonds. The molecule has 0 spiro atoms. The molecule has 0 fully saturated rings. The van der Waals surface area contributed by atoms with Gasteiger partial charge >= 0.3 is 0 Å². The van der Waals surface area contributed by atoms with Gasteiger partial charge in [0.1, 0.15) is 12.4 Å². The summed E-state index contributed by atoms with van der Waals surface area (Å²) in [4.78, 5) is 0.